The lowest BCUT2D eigenvalue weighted by atomic mass is 10.1. The van der Waals surface area contributed by atoms with Gasteiger partial charge in [-0.1, -0.05) is 29.8 Å². The summed E-state index contributed by atoms with van der Waals surface area (Å²) in [4.78, 5) is 0. The van der Waals surface area contributed by atoms with Crippen molar-refractivity contribution in [3.63, 3.8) is 0 Å². The van der Waals surface area contributed by atoms with Crippen molar-refractivity contribution in [2.75, 3.05) is 0 Å². The second-order valence-corrected chi connectivity index (χ2v) is 4.66. The molecule has 1 heterocycles. The third-order valence-corrected chi connectivity index (χ3v) is 3.24. The summed E-state index contributed by atoms with van der Waals surface area (Å²) in [6, 6.07) is 11.1. The number of benzene rings is 1. The van der Waals surface area contributed by atoms with Crippen LogP contribution in [0.2, 0.25) is 0 Å². The molecule has 0 unspecified atom stereocenters. The van der Waals surface area contributed by atoms with Gasteiger partial charge in [-0.2, -0.15) is 5.10 Å². The Morgan fingerprint density at radius 1 is 1.33 bits per heavy atom. The maximum absolute atomic E-state index is 4.28. The summed E-state index contributed by atoms with van der Waals surface area (Å²) in [5.74, 6) is 0. The number of hydrogen-bond donors (Lipinski definition) is 1. The second kappa shape index (κ2) is 5.83. The van der Waals surface area contributed by atoms with Gasteiger partial charge in [0.1, 0.15) is 0 Å². The van der Waals surface area contributed by atoms with Gasteiger partial charge in [0.05, 0.1) is 5.69 Å². The first-order valence-electron chi connectivity index (χ1n) is 6.51. The standard InChI is InChI=1S/C15H21N3/c1-4-18-15(8-9-17-18)11-16-13(3)14-7-5-6-12(2)10-14/h5-10,13,16H,4,11H2,1-3H3/t13-/m1/s1. The summed E-state index contributed by atoms with van der Waals surface area (Å²) in [7, 11) is 0. The van der Waals surface area contributed by atoms with Crippen LogP contribution in [0.25, 0.3) is 0 Å². The van der Waals surface area contributed by atoms with E-state index in [1.165, 1.54) is 16.8 Å². The minimum Gasteiger partial charge on any atom is -0.305 e. The molecular formula is C15H21N3. The summed E-state index contributed by atoms with van der Waals surface area (Å²) < 4.78 is 2.02. The van der Waals surface area contributed by atoms with Crippen LogP contribution in [0.1, 0.15) is 36.7 Å². The summed E-state index contributed by atoms with van der Waals surface area (Å²) in [6.07, 6.45) is 1.86. The smallest absolute Gasteiger partial charge is 0.0522 e. The molecular weight excluding hydrogens is 222 g/mol. The first-order chi connectivity index (χ1) is 8.70. The Labute approximate surface area is 109 Å². The van der Waals surface area contributed by atoms with Crippen molar-refractivity contribution < 1.29 is 0 Å². The molecule has 0 amide bonds. The van der Waals surface area contributed by atoms with Crippen LogP contribution in [0, 0.1) is 6.92 Å². The highest BCUT2D eigenvalue weighted by molar-refractivity contribution is 5.24. The van der Waals surface area contributed by atoms with Gasteiger partial charge in [0, 0.05) is 25.3 Å². The molecule has 18 heavy (non-hydrogen) atoms. The molecule has 2 aromatic rings. The van der Waals surface area contributed by atoms with Gasteiger partial charge in [0.25, 0.3) is 0 Å². The third kappa shape index (κ3) is 2.99. The number of aryl methyl sites for hydroxylation is 2. The minimum atomic E-state index is 0.352. The Balaban J connectivity index is 1.98. The first kappa shape index (κ1) is 12.8. The molecule has 0 fully saturated rings. The van der Waals surface area contributed by atoms with Crippen LogP contribution in [0.3, 0.4) is 0 Å². The SMILES string of the molecule is CCn1nccc1CN[C@H](C)c1cccc(C)c1. The van der Waals surface area contributed by atoms with Crippen molar-refractivity contribution in [3.8, 4) is 0 Å². The van der Waals surface area contributed by atoms with Crippen LogP contribution in [-0.2, 0) is 13.1 Å². The topological polar surface area (TPSA) is 29.9 Å². The van der Waals surface area contributed by atoms with E-state index in [2.05, 4.69) is 61.5 Å². The highest BCUT2D eigenvalue weighted by Crippen LogP contribution is 2.14. The minimum absolute atomic E-state index is 0.352. The van der Waals surface area contributed by atoms with Gasteiger partial charge in [-0.15, -0.1) is 0 Å². The number of aromatic nitrogens is 2. The van der Waals surface area contributed by atoms with E-state index >= 15 is 0 Å². The summed E-state index contributed by atoms with van der Waals surface area (Å²) in [5, 5.41) is 7.82. The quantitative estimate of drug-likeness (QED) is 0.874. The van der Waals surface area contributed by atoms with Gasteiger partial charge in [0.2, 0.25) is 0 Å². The van der Waals surface area contributed by atoms with Crippen molar-refractivity contribution in [1.82, 2.24) is 15.1 Å². The van der Waals surface area contributed by atoms with E-state index < -0.39 is 0 Å². The molecule has 0 aliphatic rings. The van der Waals surface area contributed by atoms with Gasteiger partial charge in [-0.3, -0.25) is 4.68 Å². The molecule has 1 N–H and O–H groups in total. The lowest BCUT2D eigenvalue weighted by Gasteiger charge is -2.15. The predicted molar refractivity (Wildman–Crippen MR) is 74.3 cm³/mol. The van der Waals surface area contributed by atoms with Crippen molar-refractivity contribution in [3.05, 3.63) is 53.3 Å². The molecule has 0 aliphatic heterocycles. The van der Waals surface area contributed by atoms with E-state index in [1.54, 1.807) is 0 Å². The molecule has 3 nitrogen and oxygen atoms in total. The molecule has 1 aromatic carbocycles. The molecule has 0 bridgehead atoms. The average molecular weight is 243 g/mol. The Kier molecular flexibility index (Phi) is 4.15. The number of hydrogen-bond acceptors (Lipinski definition) is 2. The van der Waals surface area contributed by atoms with Gasteiger partial charge in [-0.25, -0.2) is 0 Å². The largest absolute Gasteiger partial charge is 0.305 e. The van der Waals surface area contributed by atoms with E-state index in [4.69, 9.17) is 0 Å². The van der Waals surface area contributed by atoms with Crippen molar-refractivity contribution in [2.24, 2.45) is 0 Å². The molecule has 96 valence electrons. The van der Waals surface area contributed by atoms with E-state index in [0.29, 0.717) is 6.04 Å². The van der Waals surface area contributed by atoms with Crippen LogP contribution >= 0.6 is 0 Å². The van der Waals surface area contributed by atoms with Crippen LogP contribution in [0.5, 0.6) is 0 Å². The second-order valence-electron chi connectivity index (χ2n) is 4.66. The highest BCUT2D eigenvalue weighted by atomic mass is 15.3. The van der Waals surface area contributed by atoms with Crippen molar-refractivity contribution in [1.29, 1.82) is 0 Å². The normalized spacial score (nSPS) is 12.6. The summed E-state index contributed by atoms with van der Waals surface area (Å²) >= 11 is 0. The van der Waals surface area contributed by atoms with Crippen molar-refractivity contribution in [2.45, 2.75) is 39.9 Å². The maximum Gasteiger partial charge on any atom is 0.0522 e. The van der Waals surface area contributed by atoms with E-state index in [0.717, 1.165) is 13.1 Å². The molecule has 0 saturated heterocycles. The fraction of sp³-hybridized carbons (Fsp3) is 0.400. The maximum atomic E-state index is 4.28. The van der Waals surface area contributed by atoms with E-state index in [9.17, 15) is 0 Å². The molecule has 0 spiro atoms. The predicted octanol–water partition coefficient (Wildman–Crippen LogP) is 3.06. The molecule has 0 aliphatic carbocycles. The van der Waals surface area contributed by atoms with E-state index in [-0.39, 0.29) is 0 Å². The summed E-state index contributed by atoms with van der Waals surface area (Å²) in [6.45, 7) is 8.20. The zero-order valence-electron chi connectivity index (χ0n) is 11.4. The zero-order valence-corrected chi connectivity index (χ0v) is 11.4. The van der Waals surface area contributed by atoms with E-state index in [1.807, 2.05) is 10.9 Å². The van der Waals surface area contributed by atoms with Crippen LogP contribution in [-0.4, -0.2) is 9.78 Å². The van der Waals surface area contributed by atoms with Crippen LogP contribution in [0.15, 0.2) is 36.5 Å². The van der Waals surface area contributed by atoms with Crippen LogP contribution in [0.4, 0.5) is 0 Å². The van der Waals surface area contributed by atoms with Gasteiger partial charge >= 0.3 is 0 Å². The lowest BCUT2D eigenvalue weighted by Crippen LogP contribution is -2.20. The van der Waals surface area contributed by atoms with Gasteiger partial charge in [0.15, 0.2) is 0 Å². The average Bonchev–Trinajstić information content (AvgIpc) is 2.83. The molecule has 0 saturated carbocycles. The Hall–Kier alpha value is -1.61. The highest BCUT2D eigenvalue weighted by Gasteiger charge is 2.06. The first-order valence-corrected chi connectivity index (χ1v) is 6.51. The monoisotopic (exact) mass is 243 g/mol. The number of nitrogens with one attached hydrogen (secondary N) is 1. The fourth-order valence-electron chi connectivity index (χ4n) is 2.11. The summed E-state index contributed by atoms with van der Waals surface area (Å²) in [5.41, 5.74) is 3.87. The Morgan fingerprint density at radius 3 is 2.89 bits per heavy atom. The van der Waals surface area contributed by atoms with Gasteiger partial charge in [-0.05, 0) is 32.4 Å². The molecule has 1 aromatic heterocycles. The molecule has 2 rings (SSSR count). The molecule has 1 atom stereocenters. The zero-order chi connectivity index (χ0) is 13.0. The molecule has 3 heteroatoms. The fourth-order valence-corrected chi connectivity index (χ4v) is 2.11. The Morgan fingerprint density at radius 2 is 2.17 bits per heavy atom. The lowest BCUT2D eigenvalue weighted by molar-refractivity contribution is 0.531. The van der Waals surface area contributed by atoms with Crippen molar-refractivity contribution >= 4 is 0 Å². The van der Waals surface area contributed by atoms with Crippen LogP contribution < -0.4 is 5.32 Å². The number of rotatable bonds is 5. The number of nitrogens with zero attached hydrogens (tertiary/aromatic N) is 2. The van der Waals surface area contributed by atoms with Gasteiger partial charge < -0.3 is 5.32 Å². The Bertz CT molecular complexity index is 502. The third-order valence-electron chi connectivity index (χ3n) is 3.24. The molecule has 0 radical (unpaired) electrons.